The van der Waals surface area contributed by atoms with Crippen LogP contribution in [0.25, 0.3) is 0 Å². The molecule has 0 bridgehead atoms. The molecule has 0 aromatic heterocycles. The predicted molar refractivity (Wildman–Crippen MR) is 62.4 cm³/mol. The summed E-state index contributed by atoms with van der Waals surface area (Å²) < 4.78 is 11.5. The van der Waals surface area contributed by atoms with Crippen molar-refractivity contribution in [3.05, 3.63) is 0 Å². The van der Waals surface area contributed by atoms with Crippen molar-refractivity contribution in [2.24, 2.45) is 5.92 Å². The fourth-order valence-corrected chi connectivity index (χ4v) is 3.13. The molecule has 4 unspecified atom stereocenters. The molecule has 2 aliphatic heterocycles. The lowest BCUT2D eigenvalue weighted by molar-refractivity contribution is 0.00707. The molecular formula is C13H23NO2. The Kier molecular flexibility index (Phi) is 3.18. The topological polar surface area (TPSA) is 30.5 Å². The van der Waals surface area contributed by atoms with E-state index >= 15 is 0 Å². The highest BCUT2D eigenvalue weighted by atomic mass is 16.5. The van der Waals surface area contributed by atoms with Gasteiger partial charge in [-0.1, -0.05) is 0 Å². The van der Waals surface area contributed by atoms with Crippen LogP contribution in [0, 0.1) is 5.92 Å². The van der Waals surface area contributed by atoms with Gasteiger partial charge in [0.05, 0.1) is 12.2 Å². The fourth-order valence-electron chi connectivity index (χ4n) is 3.13. The summed E-state index contributed by atoms with van der Waals surface area (Å²) in [6, 6.07) is 1.26. The van der Waals surface area contributed by atoms with E-state index in [-0.39, 0.29) is 0 Å². The van der Waals surface area contributed by atoms with Crippen molar-refractivity contribution in [3.63, 3.8) is 0 Å². The van der Waals surface area contributed by atoms with Crippen LogP contribution in [0.1, 0.15) is 39.0 Å². The van der Waals surface area contributed by atoms with E-state index in [4.69, 9.17) is 9.47 Å². The molecular weight excluding hydrogens is 202 g/mol. The Morgan fingerprint density at radius 3 is 2.56 bits per heavy atom. The zero-order valence-corrected chi connectivity index (χ0v) is 10.2. The Labute approximate surface area is 97.9 Å². The first-order chi connectivity index (χ1) is 7.83. The minimum Gasteiger partial charge on any atom is -0.378 e. The molecule has 0 amide bonds. The zero-order valence-electron chi connectivity index (χ0n) is 10.2. The van der Waals surface area contributed by atoms with Gasteiger partial charge in [-0.2, -0.15) is 0 Å². The van der Waals surface area contributed by atoms with Gasteiger partial charge in [0.2, 0.25) is 0 Å². The van der Waals surface area contributed by atoms with Gasteiger partial charge in [-0.25, -0.2) is 0 Å². The third-order valence-electron chi connectivity index (χ3n) is 4.16. The van der Waals surface area contributed by atoms with Gasteiger partial charge < -0.3 is 14.8 Å². The van der Waals surface area contributed by atoms with Crippen LogP contribution in [0.5, 0.6) is 0 Å². The molecule has 2 saturated heterocycles. The molecule has 0 spiro atoms. The van der Waals surface area contributed by atoms with Crippen LogP contribution < -0.4 is 5.32 Å². The van der Waals surface area contributed by atoms with E-state index in [9.17, 15) is 0 Å². The first-order valence-electron chi connectivity index (χ1n) is 6.82. The van der Waals surface area contributed by atoms with E-state index in [1.54, 1.807) is 0 Å². The van der Waals surface area contributed by atoms with Gasteiger partial charge >= 0.3 is 0 Å². The standard InChI is InChI=1S/C13H23NO2/c1-9-8-11(4-6-15-9)14-12-5-7-16-13(12)10-2-3-10/h9-14H,2-8H2,1H3. The van der Waals surface area contributed by atoms with E-state index in [1.807, 2.05) is 0 Å². The summed E-state index contributed by atoms with van der Waals surface area (Å²) in [7, 11) is 0. The summed E-state index contributed by atoms with van der Waals surface area (Å²) in [5.74, 6) is 0.859. The molecule has 3 aliphatic rings. The summed E-state index contributed by atoms with van der Waals surface area (Å²) in [5.41, 5.74) is 0. The Morgan fingerprint density at radius 2 is 1.81 bits per heavy atom. The molecule has 0 radical (unpaired) electrons. The smallest absolute Gasteiger partial charge is 0.0757 e. The monoisotopic (exact) mass is 225 g/mol. The van der Waals surface area contributed by atoms with Crippen LogP contribution in [0.15, 0.2) is 0 Å². The maximum Gasteiger partial charge on any atom is 0.0757 e. The van der Waals surface area contributed by atoms with Gasteiger partial charge in [-0.15, -0.1) is 0 Å². The summed E-state index contributed by atoms with van der Waals surface area (Å²) in [6.45, 7) is 4.05. The van der Waals surface area contributed by atoms with Crippen LogP contribution in [-0.2, 0) is 9.47 Å². The first-order valence-corrected chi connectivity index (χ1v) is 6.82. The maximum absolute atomic E-state index is 5.86. The molecule has 1 N–H and O–H groups in total. The number of ether oxygens (including phenoxy) is 2. The normalized spacial score (nSPS) is 44.8. The molecule has 3 nitrogen and oxygen atoms in total. The lowest BCUT2D eigenvalue weighted by atomic mass is 10.00. The van der Waals surface area contributed by atoms with Gasteiger partial charge in [0.25, 0.3) is 0 Å². The predicted octanol–water partition coefficient (Wildman–Crippen LogP) is 1.71. The molecule has 3 heteroatoms. The highest BCUT2D eigenvalue weighted by Gasteiger charge is 2.41. The molecule has 0 aromatic rings. The van der Waals surface area contributed by atoms with E-state index in [0.29, 0.717) is 24.3 Å². The lowest BCUT2D eigenvalue weighted by Gasteiger charge is -2.31. The summed E-state index contributed by atoms with van der Waals surface area (Å²) >= 11 is 0. The van der Waals surface area contributed by atoms with Crippen LogP contribution in [0.3, 0.4) is 0 Å². The molecule has 16 heavy (non-hydrogen) atoms. The summed E-state index contributed by atoms with van der Waals surface area (Å²) in [6.07, 6.45) is 7.23. The average Bonchev–Trinajstić information content (AvgIpc) is 3.00. The van der Waals surface area contributed by atoms with Crippen LogP contribution >= 0.6 is 0 Å². The molecule has 1 saturated carbocycles. The Hall–Kier alpha value is -0.120. The van der Waals surface area contributed by atoms with Crippen LogP contribution in [0.4, 0.5) is 0 Å². The minimum absolute atomic E-state index is 0.424. The minimum atomic E-state index is 0.424. The Balaban J connectivity index is 1.52. The average molecular weight is 225 g/mol. The second-order valence-electron chi connectivity index (χ2n) is 5.64. The van der Waals surface area contributed by atoms with Crippen molar-refractivity contribution >= 4 is 0 Å². The number of rotatable bonds is 3. The zero-order chi connectivity index (χ0) is 11.0. The van der Waals surface area contributed by atoms with Crippen LogP contribution in [0.2, 0.25) is 0 Å². The third kappa shape index (κ3) is 2.41. The third-order valence-corrected chi connectivity index (χ3v) is 4.16. The van der Waals surface area contributed by atoms with E-state index in [2.05, 4.69) is 12.2 Å². The molecule has 92 valence electrons. The van der Waals surface area contributed by atoms with E-state index in [0.717, 1.165) is 32.0 Å². The summed E-state index contributed by atoms with van der Waals surface area (Å²) in [4.78, 5) is 0. The SMILES string of the molecule is CC1CC(NC2CCOC2C2CC2)CCO1. The highest BCUT2D eigenvalue weighted by molar-refractivity contribution is 4.95. The molecule has 1 aliphatic carbocycles. The number of nitrogens with one attached hydrogen (secondary N) is 1. The molecule has 2 heterocycles. The Morgan fingerprint density at radius 1 is 1.00 bits per heavy atom. The molecule has 4 atom stereocenters. The van der Waals surface area contributed by atoms with Gasteiger partial charge in [0.15, 0.2) is 0 Å². The quantitative estimate of drug-likeness (QED) is 0.793. The van der Waals surface area contributed by atoms with Gasteiger partial charge in [-0.3, -0.25) is 0 Å². The van der Waals surface area contributed by atoms with Crippen molar-refractivity contribution in [3.8, 4) is 0 Å². The van der Waals surface area contributed by atoms with Crippen molar-refractivity contribution in [1.82, 2.24) is 5.32 Å². The van der Waals surface area contributed by atoms with Gasteiger partial charge in [0, 0.05) is 25.3 Å². The number of hydrogen-bond donors (Lipinski definition) is 1. The van der Waals surface area contributed by atoms with E-state index < -0.39 is 0 Å². The van der Waals surface area contributed by atoms with Gasteiger partial charge in [-0.05, 0) is 44.9 Å². The molecule has 3 fully saturated rings. The second kappa shape index (κ2) is 4.63. The second-order valence-corrected chi connectivity index (χ2v) is 5.64. The largest absolute Gasteiger partial charge is 0.378 e. The Bertz CT molecular complexity index is 242. The fraction of sp³-hybridized carbons (Fsp3) is 1.00. The van der Waals surface area contributed by atoms with Gasteiger partial charge in [0.1, 0.15) is 0 Å². The van der Waals surface area contributed by atoms with E-state index in [1.165, 1.54) is 19.3 Å². The highest BCUT2D eigenvalue weighted by Crippen LogP contribution is 2.39. The summed E-state index contributed by atoms with van der Waals surface area (Å²) in [5, 5.41) is 3.81. The molecule has 3 rings (SSSR count). The lowest BCUT2D eigenvalue weighted by Crippen LogP contribution is -2.47. The van der Waals surface area contributed by atoms with Crippen molar-refractivity contribution < 1.29 is 9.47 Å². The van der Waals surface area contributed by atoms with Crippen molar-refractivity contribution in [1.29, 1.82) is 0 Å². The van der Waals surface area contributed by atoms with Crippen LogP contribution in [-0.4, -0.2) is 37.5 Å². The molecule has 0 aromatic carbocycles. The van der Waals surface area contributed by atoms with Crippen molar-refractivity contribution in [2.75, 3.05) is 13.2 Å². The van der Waals surface area contributed by atoms with Crippen molar-refractivity contribution in [2.45, 2.75) is 63.3 Å². The maximum atomic E-state index is 5.86. The first kappa shape index (κ1) is 11.0. The number of hydrogen-bond acceptors (Lipinski definition) is 3.